The first-order valence-electron chi connectivity index (χ1n) is 8.63. The van der Waals surface area contributed by atoms with Crippen molar-refractivity contribution < 1.29 is 4.79 Å². The number of rotatable bonds is 7. The Bertz CT molecular complexity index is 761. The molecule has 0 atom stereocenters. The Morgan fingerprint density at radius 2 is 2.04 bits per heavy atom. The van der Waals surface area contributed by atoms with E-state index in [0.717, 1.165) is 35.6 Å². The number of amides is 1. The van der Waals surface area contributed by atoms with Crippen LogP contribution in [0.1, 0.15) is 35.0 Å². The van der Waals surface area contributed by atoms with Gasteiger partial charge in [0, 0.05) is 37.5 Å². The second-order valence-electron chi connectivity index (χ2n) is 6.41. The molecule has 0 aliphatic carbocycles. The molecular weight excluding hydrogens is 312 g/mol. The summed E-state index contributed by atoms with van der Waals surface area (Å²) in [5, 5.41) is 7.30. The highest BCUT2D eigenvalue weighted by atomic mass is 16.1. The molecule has 25 heavy (non-hydrogen) atoms. The van der Waals surface area contributed by atoms with E-state index in [2.05, 4.69) is 41.4 Å². The molecule has 2 aromatic rings. The van der Waals surface area contributed by atoms with E-state index in [1.165, 1.54) is 5.56 Å². The average Bonchev–Trinajstić information content (AvgIpc) is 2.83. The third-order valence-corrected chi connectivity index (χ3v) is 4.42. The van der Waals surface area contributed by atoms with Gasteiger partial charge in [0.05, 0.1) is 5.69 Å². The Morgan fingerprint density at radius 3 is 2.68 bits per heavy atom. The van der Waals surface area contributed by atoms with E-state index in [1.807, 2.05) is 43.8 Å². The zero-order valence-electron chi connectivity index (χ0n) is 15.8. The molecule has 1 heterocycles. The number of benzene rings is 1. The van der Waals surface area contributed by atoms with Crippen LogP contribution in [0.3, 0.4) is 0 Å². The molecule has 1 aromatic carbocycles. The largest absolute Gasteiger partial charge is 0.348 e. The van der Waals surface area contributed by atoms with Gasteiger partial charge < -0.3 is 10.2 Å². The van der Waals surface area contributed by atoms with E-state index in [0.29, 0.717) is 6.54 Å². The fourth-order valence-corrected chi connectivity index (χ4v) is 2.70. The highest BCUT2D eigenvalue weighted by Gasteiger charge is 2.06. The minimum atomic E-state index is -0.0984. The van der Waals surface area contributed by atoms with Crippen LogP contribution < -0.4 is 5.32 Å². The van der Waals surface area contributed by atoms with Crippen LogP contribution in [-0.4, -0.2) is 34.2 Å². The van der Waals surface area contributed by atoms with E-state index in [9.17, 15) is 4.79 Å². The summed E-state index contributed by atoms with van der Waals surface area (Å²) in [7, 11) is 4.00. The minimum Gasteiger partial charge on any atom is -0.348 e. The van der Waals surface area contributed by atoms with Crippen LogP contribution >= 0.6 is 0 Å². The Balaban J connectivity index is 1.93. The molecule has 0 aliphatic heterocycles. The lowest BCUT2D eigenvalue weighted by atomic mass is 10.1. The lowest BCUT2D eigenvalue weighted by Gasteiger charge is -2.14. The van der Waals surface area contributed by atoms with Gasteiger partial charge in [-0.25, -0.2) is 0 Å². The topological polar surface area (TPSA) is 50.2 Å². The molecule has 5 nitrogen and oxygen atoms in total. The Labute approximate surface area is 150 Å². The molecule has 1 aromatic heterocycles. The van der Waals surface area contributed by atoms with Gasteiger partial charge in [0.25, 0.3) is 0 Å². The number of aromatic nitrogens is 2. The molecule has 0 radical (unpaired) electrons. The third-order valence-electron chi connectivity index (χ3n) is 4.42. The first-order valence-corrected chi connectivity index (χ1v) is 8.63. The van der Waals surface area contributed by atoms with Gasteiger partial charge >= 0.3 is 0 Å². The van der Waals surface area contributed by atoms with Crippen molar-refractivity contribution in [2.24, 2.45) is 7.05 Å². The number of carbonyl (C=O) groups is 1. The maximum absolute atomic E-state index is 12.1. The van der Waals surface area contributed by atoms with Crippen molar-refractivity contribution in [3.63, 3.8) is 0 Å². The zero-order chi connectivity index (χ0) is 18.4. The molecule has 134 valence electrons. The molecule has 1 N–H and O–H groups in total. The van der Waals surface area contributed by atoms with Crippen molar-refractivity contribution in [1.29, 1.82) is 0 Å². The van der Waals surface area contributed by atoms with Crippen LogP contribution in [-0.2, 0) is 24.9 Å². The van der Waals surface area contributed by atoms with Gasteiger partial charge in [-0.3, -0.25) is 9.48 Å². The Morgan fingerprint density at radius 1 is 1.32 bits per heavy atom. The average molecular weight is 340 g/mol. The predicted molar refractivity (Wildman–Crippen MR) is 102 cm³/mol. The molecule has 0 saturated carbocycles. The standard InChI is InChI=1S/C20H28N4O/c1-6-23(4)14-18-9-7-8-17(12-18)13-21-20(25)11-10-19-15(2)22-24(5)16(19)3/h7-12H,6,13-14H2,1-5H3,(H,21,25)/b11-10-. The summed E-state index contributed by atoms with van der Waals surface area (Å²) in [6.07, 6.45) is 3.41. The number of carbonyl (C=O) groups excluding carboxylic acids is 1. The van der Waals surface area contributed by atoms with Gasteiger partial charge in [-0.15, -0.1) is 0 Å². The van der Waals surface area contributed by atoms with Crippen molar-refractivity contribution in [3.8, 4) is 0 Å². The molecule has 0 fully saturated rings. The molecule has 0 unspecified atom stereocenters. The van der Waals surface area contributed by atoms with E-state index in [4.69, 9.17) is 0 Å². The second-order valence-corrected chi connectivity index (χ2v) is 6.41. The fourth-order valence-electron chi connectivity index (χ4n) is 2.70. The molecule has 2 rings (SSSR count). The molecular formula is C20H28N4O. The number of nitrogens with zero attached hydrogens (tertiary/aromatic N) is 3. The van der Waals surface area contributed by atoms with Gasteiger partial charge in [-0.2, -0.15) is 5.10 Å². The van der Waals surface area contributed by atoms with Gasteiger partial charge in [-0.05, 0) is 44.6 Å². The summed E-state index contributed by atoms with van der Waals surface area (Å²) in [5.74, 6) is -0.0984. The summed E-state index contributed by atoms with van der Waals surface area (Å²) < 4.78 is 1.83. The maximum Gasteiger partial charge on any atom is 0.244 e. The summed E-state index contributed by atoms with van der Waals surface area (Å²) in [6.45, 7) is 8.54. The number of hydrogen-bond donors (Lipinski definition) is 1. The first kappa shape index (κ1) is 18.9. The van der Waals surface area contributed by atoms with Crippen molar-refractivity contribution in [3.05, 3.63) is 58.4 Å². The molecule has 0 bridgehead atoms. The predicted octanol–water partition coefficient (Wildman–Crippen LogP) is 2.82. The van der Waals surface area contributed by atoms with Gasteiger partial charge in [-0.1, -0.05) is 31.2 Å². The van der Waals surface area contributed by atoms with Crippen molar-refractivity contribution in [1.82, 2.24) is 20.0 Å². The van der Waals surface area contributed by atoms with Gasteiger partial charge in [0.1, 0.15) is 0 Å². The van der Waals surface area contributed by atoms with Crippen molar-refractivity contribution in [2.45, 2.75) is 33.9 Å². The second kappa shape index (κ2) is 8.62. The maximum atomic E-state index is 12.1. The van der Waals surface area contributed by atoms with Crippen molar-refractivity contribution >= 4 is 12.0 Å². The Kier molecular flexibility index (Phi) is 6.53. The molecule has 1 amide bonds. The minimum absolute atomic E-state index is 0.0984. The van der Waals surface area contributed by atoms with Crippen LogP contribution in [0.25, 0.3) is 6.08 Å². The van der Waals surface area contributed by atoms with E-state index >= 15 is 0 Å². The number of aryl methyl sites for hydroxylation is 2. The molecule has 0 saturated heterocycles. The van der Waals surface area contributed by atoms with E-state index in [-0.39, 0.29) is 5.91 Å². The third kappa shape index (κ3) is 5.29. The summed E-state index contributed by atoms with van der Waals surface area (Å²) >= 11 is 0. The molecule has 0 aliphatic rings. The van der Waals surface area contributed by atoms with Crippen LogP contribution in [0.2, 0.25) is 0 Å². The SMILES string of the molecule is CCN(C)Cc1cccc(CNC(=O)/C=C\c2c(C)nn(C)c2C)c1. The lowest BCUT2D eigenvalue weighted by molar-refractivity contribution is -0.116. The summed E-state index contributed by atoms with van der Waals surface area (Å²) in [4.78, 5) is 14.3. The lowest BCUT2D eigenvalue weighted by Crippen LogP contribution is -2.20. The normalized spacial score (nSPS) is 11.4. The number of nitrogens with one attached hydrogen (secondary N) is 1. The van der Waals surface area contributed by atoms with E-state index < -0.39 is 0 Å². The number of hydrogen-bond acceptors (Lipinski definition) is 3. The Hall–Kier alpha value is -2.40. The van der Waals surface area contributed by atoms with Crippen LogP contribution in [0.5, 0.6) is 0 Å². The van der Waals surface area contributed by atoms with E-state index in [1.54, 1.807) is 6.08 Å². The summed E-state index contributed by atoms with van der Waals surface area (Å²) in [6, 6.07) is 8.34. The van der Waals surface area contributed by atoms with Crippen LogP contribution in [0.15, 0.2) is 30.3 Å². The zero-order valence-corrected chi connectivity index (χ0v) is 15.8. The van der Waals surface area contributed by atoms with Crippen LogP contribution in [0, 0.1) is 13.8 Å². The highest BCUT2D eigenvalue weighted by molar-refractivity contribution is 5.91. The quantitative estimate of drug-likeness (QED) is 0.789. The first-order chi connectivity index (χ1) is 11.9. The van der Waals surface area contributed by atoms with Crippen molar-refractivity contribution in [2.75, 3.05) is 13.6 Å². The van der Waals surface area contributed by atoms with Gasteiger partial charge in [0.2, 0.25) is 5.91 Å². The summed E-state index contributed by atoms with van der Waals surface area (Å²) in [5.41, 5.74) is 5.35. The highest BCUT2D eigenvalue weighted by Crippen LogP contribution is 2.13. The monoisotopic (exact) mass is 340 g/mol. The molecule has 0 spiro atoms. The van der Waals surface area contributed by atoms with Crippen LogP contribution in [0.4, 0.5) is 0 Å². The van der Waals surface area contributed by atoms with Gasteiger partial charge in [0.15, 0.2) is 0 Å². The molecule has 5 heteroatoms. The smallest absolute Gasteiger partial charge is 0.244 e. The fraction of sp³-hybridized carbons (Fsp3) is 0.400.